The molecule has 2 aromatic carbocycles. The zero-order chi connectivity index (χ0) is 15.6. The summed E-state index contributed by atoms with van der Waals surface area (Å²) in [6, 6.07) is 14.9. The molecule has 0 radical (unpaired) electrons. The van der Waals surface area contributed by atoms with Crippen molar-refractivity contribution in [3.63, 3.8) is 0 Å². The Bertz CT molecular complexity index is 954. The third-order valence-corrected chi connectivity index (χ3v) is 3.61. The van der Waals surface area contributed by atoms with E-state index in [1.807, 2.05) is 47.2 Å². The van der Waals surface area contributed by atoms with Crippen LogP contribution in [0, 0.1) is 0 Å². The quantitative estimate of drug-likeness (QED) is 0.632. The molecule has 0 saturated carbocycles. The summed E-state index contributed by atoms with van der Waals surface area (Å²) in [5.41, 5.74) is 6.05. The lowest BCUT2D eigenvalue weighted by Crippen LogP contribution is -2.21. The van der Waals surface area contributed by atoms with Crippen molar-refractivity contribution in [1.29, 1.82) is 0 Å². The smallest absolute Gasteiger partial charge is 0.270 e. The highest BCUT2D eigenvalue weighted by atomic mass is 16.2. The Morgan fingerprint density at radius 2 is 1.83 bits per heavy atom. The predicted octanol–water partition coefficient (Wildman–Crippen LogP) is 2.61. The van der Waals surface area contributed by atoms with Crippen LogP contribution in [0.3, 0.4) is 0 Å². The van der Waals surface area contributed by atoms with Crippen LogP contribution in [0.2, 0.25) is 0 Å². The van der Waals surface area contributed by atoms with E-state index in [1.165, 1.54) is 0 Å². The van der Waals surface area contributed by atoms with Gasteiger partial charge in [0.25, 0.3) is 5.91 Å². The molecule has 0 aliphatic rings. The fourth-order valence-corrected chi connectivity index (χ4v) is 2.42. The van der Waals surface area contributed by atoms with E-state index in [0.29, 0.717) is 5.56 Å². The van der Waals surface area contributed by atoms with Gasteiger partial charge in [0.05, 0.1) is 17.4 Å². The molecule has 2 heterocycles. The molecule has 0 bridgehead atoms. The molecule has 0 saturated heterocycles. The molecule has 0 spiro atoms. The number of hydrogen-bond acceptors (Lipinski definition) is 3. The third kappa shape index (κ3) is 2.46. The molecule has 1 N–H and O–H groups in total. The largest absolute Gasteiger partial charge is 0.306 e. The average molecular weight is 303 g/mol. The molecule has 2 aromatic heterocycles. The van der Waals surface area contributed by atoms with E-state index in [-0.39, 0.29) is 5.91 Å². The van der Waals surface area contributed by atoms with Crippen LogP contribution in [0.15, 0.2) is 73.6 Å². The van der Waals surface area contributed by atoms with Gasteiger partial charge in [-0.1, -0.05) is 12.1 Å². The molecule has 0 aliphatic carbocycles. The van der Waals surface area contributed by atoms with Crippen LogP contribution in [-0.2, 0) is 0 Å². The van der Waals surface area contributed by atoms with Crippen LogP contribution in [0.5, 0.6) is 0 Å². The highest BCUT2D eigenvalue weighted by Gasteiger charge is 2.08. The molecule has 4 aromatic rings. The summed E-state index contributed by atoms with van der Waals surface area (Å²) in [6.45, 7) is 0. The van der Waals surface area contributed by atoms with Crippen molar-refractivity contribution < 1.29 is 4.79 Å². The number of amides is 1. The Labute approximate surface area is 132 Å². The zero-order valence-electron chi connectivity index (χ0n) is 12.1. The normalized spacial score (nSPS) is 10.8. The molecule has 0 fully saturated rings. The molecule has 0 atom stereocenters. The van der Waals surface area contributed by atoms with Crippen LogP contribution in [-0.4, -0.2) is 25.1 Å². The maximum absolute atomic E-state index is 12.4. The van der Waals surface area contributed by atoms with Gasteiger partial charge in [-0.2, -0.15) is 0 Å². The SMILES string of the molecule is O=C(Nn1cnc2ccccc21)c1ccc(-n2ccnc2)cc1. The highest BCUT2D eigenvalue weighted by molar-refractivity contribution is 6.00. The molecule has 0 aliphatic heterocycles. The second-order valence-corrected chi connectivity index (χ2v) is 5.06. The highest BCUT2D eigenvalue weighted by Crippen LogP contribution is 2.12. The van der Waals surface area contributed by atoms with Crippen molar-refractivity contribution in [3.05, 3.63) is 79.1 Å². The predicted molar refractivity (Wildman–Crippen MR) is 87.0 cm³/mol. The number of imidazole rings is 2. The van der Waals surface area contributed by atoms with E-state index < -0.39 is 0 Å². The van der Waals surface area contributed by atoms with Crippen molar-refractivity contribution >= 4 is 16.9 Å². The van der Waals surface area contributed by atoms with E-state index in [1.54, 1.807) is 35.7 Å². The van der Waals surface area contributed by atoms with E-state index in [2.05, 4.69) is 15.4 Å². The molecule has 112 valence electrons. The van der Waals surface area contributed by atoms with Crippen molar-refractivity contribution in [2.24, 2.45) is 0 Å². The van der Waals surface area contributed by atoms with Gasteiger partial charge in [-0.15, -0.1) is 0 Å². The first-order valence-corrected chi connectivity index (χ1v) is 7.13. The lowest BCUT2D eigenvalue weighted by Gasteiger charge is -2.08. The summed E-state index contributed by atoms with van der Waals surface area (Å²) in [5, 5.41) is 0. The fourth-order valence-electron chi connectivity index (χ4n) is 2.42. The minimum atomic E-state index is -0.190. The summed E-state index contributed by atoms with van der Waals surface area (Å²) in [4.78, 5) is 20.6. The number of carbonyl (C=O) groups excluding carboxylic acids is 1. The minimum absolute atomic E-state index is 0.190. The van der Waals surface area contributed by atoms with Crippen LogP contribution in [0.1, 0.15) is 10.4 Å². The second-order valence-electron chi connectivity index (χ2n) is 5.06. The number of benzene rings is 2. The van der Waals surface area contributed by atoms with E-state index in [4.69, 9.17) is 0 Å². The number of carbonyl (C=O) groups is 1. The third-order valence-electron chi connectivity index (χ3n) is 3.61. The van der Waals surface area contributed by atoms with E-state index in [9.17, 15) is 4.79 Å². The molecular weight excluding hydrogens is 290 g/mol. The van der Waals surface area contributed by atoms with Gasteiger partial charge in [0.2, 0.25) is 0 Å². The summed E-state index contributed by atoms with van der Waals surface area (Å²) < 4.78 is 3.51. The van der Waals surface area contributed by atoms with Gasteiger partial charge in [-0.3, -0.25) is 10.2 Å². The molecule has 0 unspecified atom stereocenters. The Morgan fingerprint density at radius 3 is 2.61 bits per heavy atom. The Hall–Kier alpha value is -3.41. The summed E-state index contributed by atoms with van der Waals surface area (Å²) in [5.74, 6) is -0.190. The number of aromatic nitrogens is 4. The average Bonchev–Trinajstić information content (AvgIpc) is 3.25. The van der Waals surface area contributed by atoms with Crippen LogP contribution in [0.25, 0.3) is 16.7 Å². The summed E-state index contributed by atoms with van der Waals surface area (Å²) in [6.07, 6.45) is 6.88. The number of nitrogens with zero attached hydrogens (tertiary/aromatic N) is 4. The van der Waals surface area contributed by atoms with Crippen molar-refractivity contribution in [1.82, 2.24) is 19.2 Å². The van der Waals surface area contributed by atoms with Crippen molar-refractivity contribution in [2.75, 3.05) is 5.43 Å². The fraction of sp³-hybridized carbons (Fsp3) is 0. The Balaban J connectivity index is 1.57. The first-order valence-electron chi connectivity index (χ1n) is 7.13. The number of hydrogen-bond donors (Lipinski definition) is 1. The second kappa shape index (κ2) is 5.42. The van der Waals surface area contributed by atoms with Gasteiger partial charge in [0.1, 0.15) is 6.33 Å². The van der Waals surface area contributed by atoms with Gasteiger partial charge in [0.15, 0.2) is 0 Å². The molecule has 6 nitrogen and oxygen atoms in total. The number of nitrogens with one attached hydrogen (secondary N) is 1. The number of fused-ring (bicyclic) bond motifs is 1. The molecular formula is C17H13N5O. The first-order chi connectivity index (χ1) is 11.3. The number of para-hydroxylation sites is 2. The van der Waals surface area contributed by atoms with Gasteiger partial charge >= 0.3 is 0 Å². The van der Waals surface area contributed by atoms with Gasteiger partial charge in [0, 0.05) is 23.6 Å². The molecule has 23 heavy (non-hydrogen) atoms. The van der Waals surface area contributed by atoms with Crippen LogP contribution >= 0.6 is 0 Å². The molecule has 6 heteroatoms. The maximum atomic E-state index is 12.4. The summed E-state index contributed by atoms with van der Waals surface area (Å²) in [7, 11) is 0. The van der Waals surface area contributed by atoms with E-state index >= 15 is 0 Å². The van der Waals surface area contributed by atoms with Crippen LogP contribution in [0.4, 0.5) is 0 Å². The van der Waals surface area contributed by atoms with Gasteiger partial charge in [-0.05, 0) is 36.4 Å². The zero-order valence-corrected chi connectivity index (χ0v) is 12.1. The van der Waals surface area contributed by atoms with Crippen molar-refractivity contribution in [2.45, 2.75) is 0 Å². The topological polar surface area (TPSA) is 64.7 Å². The first kappa shape index (κ1) is 13.3. The van der Waals surface area contributed by atoms with Gasteiger partial charge in [-0.25, -0.2) is 14.6 Å². The summed E-state index contributed by atoms with van der Waals surface area (Å²) >= 11 is 0. The monoisotopic (exact) mass is 303 g/mol. The lowest BCUT2D eigenvalue weighted by atomic mass is 10.2. The molecule has 1 amide bonds. The minimum Gasteiger partial charge on any atom is -0.306 e. The number of rotatable bonds is 3. The maximum Gasteiger partial charge on any atom is 0.270 e. The van der Waals surface area contributed by atoms with Crippen molar-refractivity contribution in [3.8, 4) is 5.69 Å². The Morgan fingerprint density at radius 1 is 1.00 bits per heavy atom. The standard InChI is InChI=1S/C17H13N5O/c23-17(20-22-12-19-15-3-1-2-4-16(15)22)13-5-7-14(8-6-13)21-10-9-18-11-21/h1-12H,(H,20,23). The van der Waals surface area contributed by atoms with Gasteiger partial charge < -0.3 is 4.57 Å². The van der Waals surface area contributed by atoms with Crippen LogP contribution < -0.4 is 5.43 Å². The Kier molecular flexibility index (Phi) is 3.12. The lowest BCUT2D eigenvalue weighted by molar-refractivity contribution is 0.101. The van der Waals surface area contributed by atoms with E-state index in [0.717, 1.165) is 16.7 Å². The molecule has 4 rings (SSSR count).